The molecule has 0 unspecified atom stereocenters. The minimum absolute atomic E-state index is 0.0821. The number of rotatable bonds is 6. The van der Waals surface area contributed by atoms with Crippen molar-refractivity contribution < 1.29 is 28.5 Å². The number of hydrogen-bond acceptors (Lipinski definition) is 7. The summed E-state index contributed by atoms with van der Waals surface area (Å²) >= 11 is 9.40. The van der Waals surface area contributed by atoms with Gasteiger partial charge in [0.25, 0.3) is 0 Å². The molecule has 0 aliphatic carbocycles. The summed E-state index contributed by atoms with van der Waals surface area (Å²) in [6.45, 7) is 0. The number of ether oxygens (including phenoxy) is 4. The minimum atomic E-state index is -0.623. The standard InChI is InChI=1S/C25H17BrClNO6/c1-31-20-10-8-17(27)13-18(20)23-28-19(25(30)34-23)11-14-3-9-21(22(12-14)32-2)33-24(29)15-4-6-16(26)7-5-15/h3-13H,1-2H3/b19-11-. The molecule has 1 aliphatic heterocycles. The maximum absolute atomic E-state index is 12.4. The second-order valence-electron chi connectivity index (χ2n) is 6.99. The first-order chi connectivity index (χ1) is 16.4. The quantitative estimate of drug-likeness (QED) is 0.226. The largest absolute Gasteiger partial charge is 0.496 e. The van der Waals surface area contributed by atoms with Gasteiger partial charge in [-0.05, 0) is 66.2 Å². The van der Waals surface area contributed by atoms with Gasteiger partial charge in [-0.15, -0.1) is 0 Å². The highest BCUT2D eigenvalue weighted by Gasteiger charge is 2.26. The summed E-state index contributed by atoms with van der Waals surface area (Å²) in [5.74, 6) is -0.0486. The summed E-state index contributed by atoms with van der Waals surface area (Å²) in [5, 5.41) is 0.449. The Balaban J connectivity index is 1.59. The van der Waals surface area contributed by atoms with Crippen molar-refractivity contribution in [3.8, 4) is 17.2 Å². The number of methoxy groups -OCH3 is 2. The summed E-state index contributed by atoms with van der Waals surface area (Å²) in [6.07, 6.45) is 1.54. The molecule has 1 aliphatic rings. The maximum Gasteiger partial charge on any atom is 0.363 e. The second-order valence-corrected chi connectivity index (χ2v) is 8.34. The van der Waals surface area contributed by atoms with Gasteiger partial charge in [-0.2, -0.15) is 0 Å². The number of nitrogens with zero attached hydrogens (tertiary/aromatic N) is 1. The zero-order valence-electron chi connectivity index (χ0n) is 18.0. The average molecular weight is 543 g/mol. The zero-order chi connectivity index (χ0) is 24.2. The van der Waals surface area contributed by atoms with Crippen molar-refractivity contribution >= 4 is 51.4 Å². The highest BCUT2D eigenvalue weighted by Crippen LogP contribution is 2.31. The molecular weight excluding hydrogens is 526 g/mol. The molecule has 0 spiro atoms. The average Bonchev–Trinajstić information content (AvgIpc) is 3.20. The summed E-state index contributed by atoms with van der Waals surface area (Å²) in [5.41, 5.74) is 1.52. The SMILES string of the molecule is COc1cc(/C=C2\N=C(c3cc(Cl)ccc3OC)OC2=O)ccc1OC(=O)c1ccc(Br)cc1. The fourth-order valence-electron chi connectivity index (χ4n) is 3.13. The van der Waals surface area contributed by atoms with Gasteiger partial charge < -0.3 is 18.9 Å². The molecule has 0 amide bonds. The van der Waals surface area contributed by atoms with E-state index in [0.717, 1.165) is 4.47 Å². The zero-order valence-corrected chi connectivity index (χ0v) is 20.3. The summed E-state index contributed by atoms with van der Waals surface area (Å²) < 4.78 is 22.3. The second kappa shape index (κ2) is 10.1. The molecule has 1 heterocycles. The molecule has 0 N–H and O–H groups in total. The molecule has 34 heavy (non-hydrogen) atoms. The van der Waals surface area contributed by atoms with E-state index in [1.54, 1.807) is 60.7 Å². The van der Waals surface area contributed by atoms with Gasteiger partial charge in [-0.3, -0.25) is 0 Å². The molecule has 7 nitrogen and oxygen atoms in total. The molecular formula is C25H17BrClNO6. The van der Waals surface area contributed by atoms with Crippen LogP contribution in [0.1, 0.15) is 21.5 Å². The van der Waals surface area contributed by atoms with Crippen LogP contribution in [0.3, 0.4) is 0 Å². The molecule has 0 saturated heterocycles. The number of carbonyl (C=O) groups excluding carboxylic acids is 2. The van der Waals surface area contributed by atoms with Crippen LogP contribution in [0.15, 0.2) is 75.8 Å². The number of aliphatic imine (C=N–C) groups is 1. The van der Waals surface area contributed by atoms with Gasteiger partial charge >= 0.3 is 11.9 Å². The Morgan fingerprint density at radius 1 is 0.971 bits per heavy atom. The van der Waals surface area contributed by atoms with Crippen molar-refractivity contribution in [1.82, 2.24) is 0 Å². The monoisotopic (exact) mass is 541 g/mol. The number of halogens is 2. The first-order valence-corrected chi connectivity index (χ1v) is 11.1. The number of esters is 2. The Morgan fingerprint density at radius 3 is 2.38 bits per heavy atom. The van der Waals surface area contributed by atoms with Crippen LogP contribution in [0, 0.1) is 0 Å². The summed E-state index contributed by atoms with van der Waals surface area (Å²) in [4.78, 5) is 29.2. The van der Waals surface area contributed by atoms with Crippen LogP contribution in [-0.2, 0) is 9.53 Å². The van der Waals surface area contributed by atoms with Gasteiger partial charge in [0, 0.05) is 9.50 Å². The Hall–Kier alpha value is -3.62. The number of cyclic esters (lactones) is 1. The Labute approximate surface area is 208 Å². The van der Waals surface area contributed by atoms with Crippen molar-refractivity contribution in [2.24, 2.45) is 4.99 Å². The molecule has 4 rings (SSSR count). The first kappa shape index (κ1) is 23.5. The van der Waals surface area contributed by atoms with Crippen molar-refractivity contribution in [2.45, 2.75) is 0 Å². The highest BCUT2D eigenvalue weighted by molar-refractivity contribution is 9.10. The lowest BCUT2D eigenvalue weighted by Gasteiger charge is -2.10. The maximum atomic E-state index is 12.4. The Bertz CT molecular complexity index is 1330. The smallest absolute Gasteiger partial charge is 0.363 e. The van der Waals surface area contributed by atoms with Crippen LogP contribution < -0.4 is 14.2 Å². The van der Waals surface area contributed by atoms with E-state index in [-0.39, 0.29) is 17.3 Å². The van der Waals surface area contributed by atoms with Crippen molar-refractivity contribution in [2.75, 3.05) is 14.2 Å². The molecule has 0 radical (unpaired) electrons. The van der Waals surface area contributed by atoms with Gasteiger partial charge in [0.1, 0.15) is 5.75 Å². The Morgan fingerprint density at radius 2 is 1.68 bits per heavy atom. The molecule has 0 aromatic heterocycles. The van der Waals surface area contributed by atoms with E-state index in [9.17, 15) is 9.59 Å². The van der Waals surface area contributed by atoms with Gasteiger partial charge in [0.15, 0.2) is 17.2 Å². The topological polar surface area (TPSA) is 83.4 Å². The van der Waals surface area contributed by atoms with Crippen molar-refractivity contribution in [1.29, 1.82) is 0 Å². The van der Waals surface area contributed by atoms with Gasteiger partial charge in [0.05, 0.1) is 25.3 Å². The third-order valence-corrected chi connectivity index (χ3v) is 5.55. The molecule has 3 aromatic rings. The van der Waals surface area contributed by atoms with Crippen molar-refractivity contribution in [3.05, 3.63) is 92.5 Å². The predicted octanol–water partition coefficient (Wildman–Crippen LogP) is 5.68. The predicted molar refractivity (Wildman–Crippen MR) is 131 cm³/mol. The van der Waals surface area contributed by atoms with Crippen LogP contribution in [0.5, 0.6) is 17.2 Å². The molecule has 0 fully saturated rings. The normalized spacial score (nSPS) is 13.9. The van der Waals surface area contributed by atoms with Crippen LogP contribution in [-0.4, -0.2) is 32.1 Å². The third kappa shape index (κ3) is 5.13. The third-order valence-electron chi connectivity index (χ3n) is 4.79. The Kier molecular flexibility index (Phi) is 7.00. The van der Waals surface area contributed by atoms with Crippen LogP contribution in [0.4, 0.5) is 0 Å². The molecule has 3 aromatic carbocycles. The summed E-state index contributed by atoms with van der Waals surface area (Å²) in [7, 11) is 2.95. The number of hydrogen-bond donors (Lipinski definition) is 0. The van der Waals surface area contributed by atoms with E-state index in [0.29, 0.717) is 33.2 Å². The molecule has 0 saturated carbocycles. The van der Waals surface area contributed by atoms with Crippen LogP contribution in [0.2, 0.25) is 5.02 Å². The van der Waals surface area contributed by atoms with Gasteiger partial charge in [-0.25, -0.2) is 14.6 Å². The van der Waals surface area contributed by atoms with E-state index < -0.39 is 11.9 Å². The lowest BCUT2D eigenvalue weighted by atomic mass is 10.1. The minimum Gasteiger partial charge on any atom is -0.496 e. The fraction of sp³-hybridized carbons (Fsp3) is 0.0800. The molecule has 9 heteroatoms. The van der Waals surface area contributed by atoms with E-state index in [1.807, 2.05) is 0 Å². The number of carbonyl (C=O) groups is 2. The van der Waals surface area contributed by atoms with E-state index in [1.165, 1.54) is 20.3 Å². The fourth-order valence-corrected chi connectivity index (χ4v) is 3.57. The number of benzene rings is 3. The van der Waals surface area contributed by atoms with Gasteiger partial charge in [-0.1, -0.05) is 33.6 Å². The first-order valence-electron chi connectivity index (χ1n) is 9.90. The van der Waals surface area contributed by atoms with E-state index >= 15 is 0 Å². The van der Waals surface area contributed by atoms with Crippen LogP contribution in [0.25, 0.3) is 6.08 Å². The van der Waals surface area contributed by atoms with E-state index in [4.69, 9.17) is 30.5 Å². The lowest BCUT2D eigenvalue weighted by Crippen LogP contribution is -2.09. The van der Waals surface area contributed by atoms with Crippen molar-refractivity contribution in [3.63, 3.8) is 0 Å². The molecule has 0 atom stereocenters. The molecule has 0 bridgehead atoms. The van der Waals surface area contributed by atoms with E-state index in [2.05, 4.69) is 20.9 Å². The highest BCUT2D eigenvalue weighted by atomic mass is 79.9. The summed E-state index contributed by atoms with van der Waals surface area (Å²) in [6, 6.07) is 16.6. The van der Waals surface area contributed by atoms with Gasteiger partial charge in [0.2, 0.25) is 5.90 Å². The molecule has 172 valence electrons. The lowest BCUT2D eigenvalue weighted by molar-refractivity contribution is -0.129. The van der Waals surface area contributed by atoms with Crippen LogP contribution >= 0.6 is 27.5 Å².